The minimum absolute atomic E-state index is 0.0276. The normalized spacial score (nSPS) is 11.5. The second kappa shape index (κ2) is 5.02. The second-order valence-corrected chi connectivity index (χ2v) is 5.23. The molecule has 20 heavy (non-hydrogen) atoms. The van der Waals surface area contributed by atoms with Gasteiger partial charge in [0, 0.05) is 17.1 Å². The lowest BCUT2D eigenvalue weighted by molar-refractivity contribution is -0.112. The van der Waals surface area contributed by atoms with Crippen molar-refractivity contribution < 1.29 is 9.18 Å². The zero-order valence-corrected chi connectivity index (χ0v) is 11.5. The zero-order valence-electron chi connectivity index (χ0n) is 10.7. The summed E-state index contributed by atoms with van der Waals surface area (Å²) in [4.78, 5) is 16.5. The average molecular weight is 286 g/mol. The number of aromatic nitrogens is 2. The maximum absolute atomic E-state index is 13.0. The van der Waals surface area contributed by atoms with E-state index in [0.29, 0.717) is 0 Å². The highest BCUT2D eigenvalue weighted by Crippen LogP contribution is 2.27. The number of imidazole rings is 1. The van der Waals surface area contributed by atoms with Gasteiger partial charge in [-0.3, -0.25) is 9.20 Å². The van der Waals surface area contributed by atoms with Gasteiger partial charge in [-0.05, 0) is 43.3 Å². The molecule has 0 atom stereocenters. The number of rotatable bonds is 3. The third kappa shape index (κ3) is 2.28. The molecule has 3 nitrogen and oxygen atoms in total. The Morgan fingerprint density at radius 3 is 2.80 bits per heavy atom. The standard InChI is InChI=1S/C15H11FN2OS/c1-10(19)2-7-13-14(11-3-5-12(16)6-4-11)17-15-18(13)8-9-20-15/h2-9H,1H3/b7-2+. The highest BCUT2D eigenvalue weighted by molar-refractivity contribution is 7.15. The van der Waals surface area contributed by atoms with Crippen LogP contribution in [0.3, 0.4) is 0 Å². The summed E-state index contributed by atoms with van der Waals surface area (Å²) >= 11 is 1.51. The topological polar surface area (TPSA) is 34.4 Å². The van der Waals surface area contributed by atoms with Crippen LogP contribution in [0.25, 0.3) is 22.3 Å². The second-order valence-electron chi connectivity index (χ2n) is 4.35. The number of benzene rings is 1. The van der Waals surface area contributed by atoms with Gasteiger partial charge in [0.1, 0.15) is 5.82 Å². The Bertz CT molecular complexity index is 799. The van der Waals surface area contributed by atoms with E-state index in [4.69, 9.17) is 0 Å². The molecule has 0 aliphatic rings. The fourth-order valence-corrected chi connectivity index (χ4v) is 2.70. The molecule has 0 radical (unpaired) electrons. The maximum atomic E-state index is 13.0. The summed E-state index contributed by atoms with van der Waals surface area (Å²) in [5, 5.41) is 1.93. The van der Waals surface area contributed by atoms with E-state index in [1.54, 1.807) is 18.2 Å². The first-order valence-corrected chi connectivity index (χ1v) is 6.93. The predicted octanol–water partition coefficient (Wildman–Crippen LogP) is 3.80. The molecular formula is C15H11FN2OS. The molecule has 3 rings (SSSR count). The Morgan fingerprint density at radius 2 is 2.10 bits per heavy atom. The van der Waals surface area contributed by atoms with Gasteiger partial charge in [-0.25, -0.2) is 9.37 Å². The Labute approximate surface area is 119 Å². The quantitative estimate of drug-likeness (QED) is 0.686. The SMILES string of the molecule is CC(=O)/C=C/c1c(-c2ccc(F)cc2)nc2sccn12. The molecule has 3 aromatic rings. The Kier molecular flexibility index (Phi) is 3.20. The molecular weight excluding hydrogens is 275 g/mol. The molecule has 0 aliphatic heterocycles. The smallest absolute Gasteiger partial charge is 0.194 e. The highest BCUT2D eigenvalue weighted by atomic mass is 32.1. The van der Waals surface area contributed by atoms with Crippen molar-refractivity contribution in [3.05, 3.63) is 53.4 Å². The van der Waals surface area contributed by atoms with Crippen molar-refractivity contribution in [2.75, 3.05) is 0 Å². The van der Waals surface area contributed by atoms with Gasteiger partial charge in [0.2, 0.25) is 0 Å². The van der Waals surface area contributed by atoms with Crippen LogP contribution < -0.4 is 0 Å². The van der Waals surface area contributed by atoms with Gasteiger partial charge in [0.15, 0.2) is 10.7 Å². The molecule has 0 saturated carbocycles. The Hall–Kier alpha value is -2.27. The summed E-state index contributed by atoms with van der Waals surface area (Å²) in [6.07, 6.45) is 5.15. The minimum Gasteiger partial charge on any atom is -0.295 e. The molecule has 0 amide bonds. The summed E-state index contributed by atoms with van der Waals surface area (Å²) < 4.78 is 14.9. The van der Waals surface area contributed by atoms with Gasteiger partial charge in [0.05, 0.1) is 11.4 Å². The number of nitrogens with zero attached hydrogens (tertiary/aromatic N) is 2. The molecule has 2 aromatic heterocycles. The third-order valence-electron chi connectivity index (χ3n) is 2.89. The third-order valence-corrected chi connectivity index (χ3v) is 3.65. The lowest BCUT2D eigenvalue weighted by atomic mass is 10.1. The molecule has 0 unspecified atom stereocenters. The van der Waals surface area contributed by atoms with E-state index in [-0.39, 0.29) is 11.6 Å². The largest absolute Gasteiger partial charge is 0.295 e. The van der Waals surface area contributed by atoms with Crippen molar-refractivity contribution in [3.63, 3.8) is 0 Å². The van der Waals surface area contributed by atoms with Crippen LogP contribution in [0.1, 0.15) is 12.6 Å². The lowest BCUT2D eigenvalue weighted by Crippen LogP contribution is -1.87. The predicted molar refractivity (Wildman–Crippen MR) is 78.2 cm³/mol. The van der Waals surface area contributed by atoms with Crippen molar-refractivity contribution in [3.8, 4) is 11.3 Å². The van der Waals surface area contributed by atoms with Gasteiger partial charge < -0.3 is 0 Å². The number of ketones is 1. The summed E-state index contributed by atoms with van der Waals surface area (Å²) in [7, 11) is 0. The van der Waals surface area contributed by atoms with E-state index in [9.17, 15) is 9.18 Å². The summed E-state index contributed by atoms with van der Waals surface area (Å²) in [6.45, 7) is 1.50. The van der Waals surface area contributed by atoms with Gasteiger partial charge in [0.25, 0.3) is 0 Å². The van der Waals surface area contributed by atoms with Crippen LogP contribution in [0.5, 0.6) is 0 Å². The Morgan fingerprint density at radius 1 is 1.35 bits per heavy atom. The molecule has 0 aliphatic carbocycles. The molecule has 100 valence electrons. The first-order chi connectivity index (χ1) is 9.65. The fourth-order valence-electron chi connectivity index (χ4n) is 1.98. The first-order valence-electron chi connectivity index (χ1n) is 6.05. The number of thiazole rings is 1. The number of hydrogen-bond acceptors (Lipinski definition) is 3. The molecule has 0 fully saturated rings. The van der Waals surface area contributed by atoms with Crippen LogP contribution in [-0.2, 0) is 4.79 Å². The summed E-state index contributed by atoms with van der Waals surface area (Å²) in [6, 6.07) is 6.18. The summed E-state index contributed by atoms with van der Waals surface area (Å²) in [5.41, 5.74) is 2.39. The minimum atomic E-state index is -0.282. The molecule has 2 heterocycles. The zero-order chi connectivity index (χ0) is 14.1. The number of hydrogen-bond donors (Lipinski definition) is 0. The number of fused-ring (bicyclic) bond motifs is 1. The molecule has 5 heteroatoms. The van der Waals surface area contributed by atoms with E-state index < -0.39 is 0 Å². The number of halogens is 1. The van der Waals surface area contributed by atoms with Crippen LogP contribution in [0.2, 0.25) is 0 Å². The summed E-state index contributed by atoms with van der Waals surface area (Å²) in [5.74, 6) is -0.309. The van der Waals surface area contributed by atoms with E-state index >= 15 is 0 Å². The van der Waals surface area contributed by atoms with Crippen molar-refractivity contribution in [1.82, 2.24) is 9.38 Å². The van der Waals surface area contributed by atoms with Crippen molar-refractivity contribution in [1.29, 1.82) is 0 Å². The van der Waals surface area contributed by atoms with Gasteiger partial charge >= 0.3 is 0 Å². The lowest BCUT2D eigenvalue weighted by Gasteiger charge is -2.00. The number of allylic oxidation sites excluding steroid dienone is 1. The molecule has 1 aromatic carbocycles. The highest BCUT2D eigenvalue weighted by Gasteiger charge is 2.12. The van der Waals surface area contributed by atoms with E-state index in [2.05, 4.69) is 4.98 Å². The van der Waals surface area contributed by atoms with Crippen LogP contribution in [0, 0.1) is 5.82 Å². The number of carbonyl (C=O) groups excluding carboxylic acids is 1. The van der Waals surface area contributed by atoms with Crippen molar-refractivity contribution in [2.45, 2.75) is 6.92 Å². The van der Waals surface area contributed by atoms with Gasteiger partial charge in [-0.2, -0.15) is 0 Å². The van der Waals surface area contributed by atoms with Crippen LogP contribution >= 0.6 is 11.3 Å². The molecule has 0 spiro atoms. The van der Waals surface area contributed by atoms with E-state index in [0.717, 1.165) is 21.9 Å². The van der Waals surface area contributed by atoms with Gasteiger partial charge in [-0.15, -0.1) is 11.3 Å². The van der Waals surface area contributed by atoms with Crippen LogP contribution in [0.4, 0.5) is 4.39 Å². The first kappa shape index (κ1) is 12.7. The monoisotopic (exact) mass is 286 g/mol. The van der Waals surface area contributed by atoms with Crippen molar-refractivity contribution in [2.24, 2.45) is 0 Å². The fraction of sp³-hybridized carbons (Fsp3) is 0.0667. The number of carbonyl (C=O) groups is 1. The molecule has 0 bridgehead atoms. The Balaban J connectivity index is 2.18. The maximum Gasteiger partial charge on any atom is 0.194 e. The van der Waals surface area contributed by atoms with Gasteiger partial charge in [-0.1, -0.05) is 0 Å². The van der Waals surface area contributed by atoms with Crippen LogP contribution in [-0.4, -0.2) is 15.2 Å². The van der Waals surface area contributed by atoms with E-state index in [1.165, 1.54) is 36.5 Å². The van der Waals surface area contributed by atoms with Crippen LogP contribution in [0.15, 0.2) is 41.9 Å². The molecule has 0 saturated heterocycles. The average Bonchev–Trinajstić information content (AvgIpc) is 2.98. The molecule has 0 N–H and O–H groups in total. The van der Waals surface area contributed by atoms with E-state index in [1.807, 2.05) is 16.0 Å². The van der Waals surface area contributed by atoms with Crippen molar-refractivity contribution >= 4 is 28.2 Å².